The second-order valence-electron chi connectivity index (χ2n) is 5.04. The number of benzene rings is 1. The molecular formula is C17H18N2OS. The molecule has 0 spiro atoms. The smallest absolute Gasteiger partial charge is 0.138 e. The first kappa shape index (κ1) is 14.0. The normalized spacial score (nSPS) is 12.5. The zero-order valence-electron chi connectivity index (χ0n) is 12.2. The highest BCUT2D eigenvalue weighted by molar-refractivity contribution is 7.10. The molecule has 1 N–H and O–H groups in total. The zero-order chi connectivity index (χ0) is 14.7. The molecule has 0 bridgehead atoms. The van der Waals surface area contributed by atoms with E-state index in [1.165, 1.54) is 10.4 Å². The summed E-state index contributed by atoms with van der Waals surface area (Å²) in [6, 6.07) is 15.0. The van der Waals surface area contributed by atoms with Crippen molar-refractivity contribution in [2.75, 3.05) is 0 Å². The molecule has 0 aliphatic carbocycles. The largest absolute Gasteiger partial charge is 0.361 e. The van der Waals surface area contributed by atoms with E-state index in [9.17, 15) is 0 Å². The van der Waals surface area contributed by atoms with Crippen LogP contribution in [0.4, 0.5) is 0 Å². The maximum Gasteiger partial charge on any atom is 0.138 e. The van der Waals surface area contributed by atoms with Gasteiger partial charge in [0.25, 0.3) is 0 Å². The minimum Gasteiger partial charge on any atom is -0.361 e. The van der Waals surface area contributed by atoms with Gasteiger partial charge in [0.15, 0.2) is 0 Å². The van der Waals surface area contributed by atoms with E-state index in [1.807, 2.05) is 19.9 Å². The molecule has 0 saturated heterocycles. The Kier molecular flexibility index (Phi) is 4.18. The third-order valence-electron chi connectivity index (χ3n) is 3.62. The molecule has 3 rings (SSSR count). The Morgan fingerprint density at radius 3 is 2.57 bits per heavy atom. The molecule has 0 aliphatic rings. The third kappa shape index (κ3) is 3.06. The quantitative estimate of drug-likeness (QED) is 0.766. The molecule has 1 unspecified atom stereocenters. The van der Waals surface area contributed by atoms with Gasteiger partial charge in [0, 0.05) is 17.0 Å². The molecule has 4 heteroatoms. The number of aromatic nitrogens is 1. The number of hydrogen-bond acceptors (Lipinski definition) is 4. The molecule has 108 valence electrons. The number of hydrogen-bond donors (Lipinski definition) is 1. The van der Waals surface area contributed by atoms with Crippen LogP contribution in [0, 0.1) is 13.8 Å². The van der Waals surface area contributed by atoms with Crippen molar-refractivity contribution in [3.8, 4) is 0 Å². The fourth-order valence-electron chi connectivity index (χ4n) is 2.44. The van der Waals surface area contributed by atoms with Crippen molar-refractivity contribution in [1.29, 1.82) is 0 Å². The summed E-state index contributed by atoms with van der Waals surface area (Å²) in [7, 11) is 0. The maximum atomic E-state index is 5.24. The van der Waals surface area contributed by atoms with Gasteiger partial charge >= 0.3 is 0 Å². The fraction of sp³-hybridized carbons (Fsp3) is 0.235. The summed E-state index contributed by atoms with van der Waals surface area (Å²) in [6.45, 7) is 4.69. The van der Waals surface area contributed by atoms with Crippen LogP contribution in [-0.2, 0) is 6.54 Å². The molecule has 0 saturated carbocycles. The molecule has 2 heterocycles. The van der Waals surface area contributed by atoms with Crippen molar-refractivity contribution in [3.63, 3.8) is 0 Å². The molecule has 1 atom stereocenters. The van der Waals surface area contributed by atoms with Crippen molar-refractivity contribution in [3.05, 3.63) is 75.3 Å². The number of aryl methyl sites for hydroxylation is 2. The highest BCUT2D eigenvalue weighted by Crippen LogP contribution is 2.26. The topological polar surface area (TPSA) is 38.1 Å². The predicted octanol–water partition coefficient (Wildman–Crippen LogP) is 4.23. The van der Waals surface area contributed by atoms with Crippen molar-refractivity contribution in [2.45, 2.75) is 26.4 Å². The Labute approximate surface area is 128 Å². The van der Waals surface area contributed by atoms with E-state index in [4.69, 9.17) is 4.52 Å². The average molecular weight is 298 g/mol. The first-order valence-electron chi connectivity index (χ1n) is 6.99. The lowest BCUT2D eigenvalue weighted by molar-refractivity contribution is 0.391. The predicted molar refractivity (Wildman–Crippen MR) is 85.4 cm³/mol. The monoisotopic (exact) mass is 298 g/mol. The summed E-state index contributed by atoms with van der Waals surface area (Å²) in [4.78, 5) is 1.31. The SMILES string of the molecule is Cc1noc(C)c1CNC(c1ccccc1)c1cccs1. The second-order valence-corrected chi connectivity index (χ2v) is 6.02. The lowest BCUT2D eigenvalue weighted by Gasteiger charge is -2.18. The minimum absolute atomic E-state index is 0.194. The Bertz CT molecular complexity index is 669. The summed E-state index contributed by atoms with van der Waals surface area (Å²) in [5.41, 5.74) is 3.37. The minimum atomic E-state index is 0.194. The van der Waals surface area contributed by atoms with E-state index in [1.54, 1.807) is 11.3 Å². The molecule has 3 aromatic rings. The van der Waals surface area contributed by atoms with E-state index >= 15 is 0 Å². The van der Waals surface area contributed by atoms with Gasteiger partial charge in [-0.25, -0.2) is 0 Å². The molecule has 3 nitrogen and oxygen atoms in total. The first-order chi connectivity index (χ1) is 10.3. The zero-order valence-corrected chi connectivity index (χ0v) is 13.0. The van der Waals surface area contributed by atoms with Gasteiger partial charge in [-0.05, 0) is 30.9 Å². The van der Waals surface area contributed by atoms with Gasteiger partial charge in [-0.1, -0.05) is 41.6 Å². The first-order valence-corrected chi connectivity index (χ1v) is 7.87. The van der Waals surface area contributed by atoms with E-state index in [0.29, 0.717) is 0 Å². The number of thiophene rings is 1. The maximum absolute atomic E-state index is 5.24. The average Bonchev–Trinajstić information content (AvgIpc) is 3.13. The summed E-state index contributed by atoms with van der Waals surface area (Å²) in [5, 5.41) is 9.76. The number of nitrogens with one attached hydrogen (secondary N) is 1. The standard InChI is InChI=1S/C17H18N2OS/c1-12-15(13(2)20-19-12)11-18-17(16-9-6-10-21-16)14-7-4-3-5-8-14/h3-10,17-18H,11H2,1-2H3. The van der Waals surface area contributed by atoms with E-state index in [-0.39, 0.29) is 6.04 Å². The Morgan fingerprint density at radius 1 is 1.14 bits per heavy atom. The van der Waals surface area contributed by atoms with Crippen LogP contribution in [-0.4, -0.2) is 5.16 Å². The molecular weight excluding hydrogens is 280 g/mol. The van der Waals surface area contributed by atoms with Crippen molar-refractivity contribution in [1.82, 2.24) is 10.5 Å². The summed E-state index contributed by atoms with van der Waals surface area (Å²) < 4.78 is 5.24. The Hall–Kier alpha value is -1.91. The van der Waals surface area contributed by atoms with Gasteiger partial charge in [-0.15, -0.1) is 11.3 Å². The van der Waals surface area contributed by atoms with Crippen LogP contribution >= 0.6 is 11.3 Å². The van der Waals surface area contributed by atoms with E-state index in [2.05, 4.69) is 52.3 Å². The van der Waals surface area contributed by atoms with Gasteiger partial charge < -0.3 is 9.84 Å². The molecule has 0 fully saturated rings. The van der Waals surface area contributed by atoms with E-state index < -0.39 is 0 Å². The highest BCUT2D eigenvalue weighted by atomic mass is 32.1. The van der Waals surface area contributed by atoms with Crippen LogP contribution in [0.3, 0.4) is 0 Å². The number of rotatable bonds is 5. The van der Waals surface area contributed by atoms with Crippen molar-refractivity contribution < 1.29 is 4.52 Å². The summed E-state index contributed by atoms with van der Waals surface area (Å²) >= 11 is 1.77. The summed E-state index contributed by atoms with van der Waals surface area (Å²) in [6.07, 6.45) is 0. The molecule has 0 aliphatic heterocycles. The number of nitrogens with zero attached hydrogens (tertiary/aromatic N) is 1. The van der Waals surface area contributed by atoms with Gasteiger partial charge in [-0.3, -0.25) is 0 Å². The van der Waals surface area contributed by atoms with Gasteiger partial charge in [0.05, 0.1) is 11.7 Å². The van der Waals surface area contributed by atoms with Crippen LogP contribution in [0.25, 0.3) is 0 Å². The second kappa shape index (κ2) is 6.24. The van der Waals surface area contributed by atoms with Gasteiger partial charge in [0.1, 0.15) is 5.76 Å². The molecule has 2 aromatic heterocycles. The van der Waals surface area contributed by atoms with Crippen LogP contribution < -0.4 is 5.32 Å². The van der Waals surface area contributed by atoms with Crippen LogP contribution in [0.2, 0.25) is 0 Å². The van der Waals surface area contributed by atoms with Crippen LogP contribution in [0.1, 0.15) is 33.5 Å². The molecule has 0 radical (unpaired) electrons. The lowest BCUT2D eigenvalue weighted by Crippen LogP contribution is -2.21. The summed E-state index contributed by atoms with van der Waals surface area (Å²) in [5.74, 6) is 0.887. The Balaban J connectivity index is 1.84. The van der Waals surface area contributed by atoms with E-state index in [0.717, 1.165) is 23.6 Å². The van der Waals surface area contributed by atoms with Crippen molar-refractivity contribution in [2.24, 2.45) is 0 Å². The van der Waals surface area contributed by atoms with Gasteiger partial charge in [-0.2, -0.15) is 0 Å². The molecule has 1 aromatic carbocycles. The molecule has 0 amide bonds. The highest BCUT2D eigenvalue weighted by Gasteiger charge is 2.16. The lowest BCUT2D eigenvalue weighted by atomic mass is 10.0. The van der Waals surface area contributed by atoms with Crippen LogP contribution in [0.5, 0.6) is 0 Å². The van der Waals surface area contributed by atoms with Gasteiger partial charge in [0.2, 0.25) is 0 Å². The third-order valence-corrected chi connectivity index (χ3v) is 4.56. The van der Waals surface area contributed by atoms with Crippen LogP contribution in [0.15, 0.2) is 52.4 Å². The Morgan fingerprint density at radius 2 is 1.95 bits per heavy atom. The molecule has 21 heavy (non-hydrogen) atoms. The van der Waals surface area contributed by atoms with Crippen molar-refractivity contribution >= 4 is 11.3 Å². The fourth-order valence-corrected chi connectivity index (χ4v) is 3.27.